The molecule has 1 aromatic heterocycles. The fourth-order valence-electron chi connectivity index (χ4n) is 5.02. The molecule has 5 heterocycles. The fourth-order valence-corrected chi connectivity index (χ4v) is 5.02. The summed E-state index contributed by atoms with van der Waals surface area (Å²) in [6, 6.07) is 20.6. The molecule has 13 heteroatoms. The lowest BCUT2D eigenvalue weighted by molar-refractivity contribution is 0.0931. The lowest BCUT2D eigenvalue weighted by Crippen LogP contribution is -2.31. The third kappa shape index (κ3) is 10.9. The molecule has 0 radical (unpaired) electrons. The van der Waals surface area contributed by atoms with Crippen LogP contribution in [0.2, 0.25) is 0 Å². The van der Waals surface area contributed by atoms with E-state index in [0.717, 1.165) is 5.56 Å². The van der Waals surface area contributed by atoms with Gasteiger partial charge in [0.2, 0.25) is 0 Å². The van der Waals surface area contributed by atoms with Crippen LogP contribution >= 0.6 is 0 Å². The van der Waals surface area contributed by atoms with E-state index in [0.29, 0.717) is 34.1 Å². The van der Waals surface area contributed by atoms with Crippen molar-refractivity contribution in [3.05, 3.63) is 113 Å². The van der Waals surface area contributed by atoms with Crippen LogP contribution in [0.15, 0.2) is 85.2 Å². The number of carbonyl (C=O) groups excluding carboxylic acids is 4. The normalized spacial score (nSPS) is 15.6. The van der Waals surface area contributed by atoms with Crippen LogP contribution in [0.1, 0.15) is 67.8 Å². The first-order chi connectivity index (χ1) is 25.0. The number of carbonyl (C=O) groups is 4. The van der Waals surface area contributed by atoms with Crippen molar-refractivity contribution < 1.29 is 38.1 Å². The molecule has 0 fully saturated rings. The van der Waals surface area contributed by atoms with E-state index in [9.17, 15) is 19.2 Å². The summed E-state index contributed by atoms with van der Waals surface area (Å²) in [6.45, 7) is 7.85. The quantitative estimate of drug-likeness (QED) is 0.212. The predicted octanol–water partition coefficient (Wildman–Crippen LogP) is 3.93. The van der Waals surface area contributed by atoms with E-state index >= 15 is 0 Å². The molecule has 4 amide bonds. The lowest BCUT2D eigenvalue weighted by atomic mass is 9.85. The Hall–Kier alpha value is -6.11. The molecule has 0 aliphatic carbocycles. The van der Waals surface area contributed by atoms with Crippen molar-refractivity contribution >= 4 is 23.6 Å². The molecule has 3 aromatic carbocycles. The molecule has 0 saturated heterocycles. The fraction of sp³-hybridized carbons (Fsp3) is 0.308. The van der Waals surface area contributed by atoms with E-state index in [4.69, 9.17) is 18.9 Å². The first kappa shape index (κ1) is 37.2. The molecular weight excluding hydrogens is 666 g/mol. The average molecular weight is 710 g/mol. The van der Waals surface area contributed by atoms with E-state index in [1.165, 1.54) is 18.5 Å². The van der Waals surface area contributed by atoms with Gasteiger partial charge >= 0.3 is 0 Å². The maximum Gasteiger partial charge on any atom is 0.252 e. The number of rotatable bonds is 0. The van der Waals surface area contributed by atoms with Crippen molar-refractivity contribution in [3.63, 3.8) is 0 Å². The Kier molecular flexibility index (Phi) is 12.6. The number of nitrogens with one attached hydrogen (secondary N) is 4. The van der Waals surface area contributed by atoms with Crippen LogP contribution < -0.4 is 40.2 Å². The maximum absolute atomic E-state index is 13.1. The van der Waals surface area contributed by atoms with Crippen molar-refractivity contribution in [1.29, 1.82) is 0 Å². The minimum atomic E-state index is -0.387. The minimum Gasteiger partial charge on any atom is -0.492 e. The molecule has 8 rings (SSSR count). The molecule has 0 saturated carbocycles. The maximum atomic E-state index is 13.1. The third-order valence-electron chi connectivity index (χ3n) is 7.86. The van der Waals surface area contributed by atoms with Gasteiger partial charge in [0.15, 0.2) is 0 Å². The van der Waals surface area contributed by atoms with Gasteiger partial charge in [0, 0.05) is 23.5 Å². The average Bonchev–Trinajstić information content (AvgIpc) is 3.15. The van der Waals surface area contributed by atoms with E-state index in [-0.39, 0.29) is 92.8 Å². The lowest BCUT2D eigenvalue weighted by Gasteiger charge is -2.21. The van der Waals surface area contributed by atoms with Crippen LogP contribution in [0.5, 0.6) is 23.0 Å². The number of aromatic nitrogens is 1. The summed E-state index contributed by atoms with van der Waals surface area (Å²) in [4.78, 5) is 55.7. The number of benzene rings is 3. The van der Waals surface area contributed by atoms with Crippen LogP contribution in [0.4, 0.5) is 0 Å². The van der Waals surface area contributed by atoms with Crippen LogP contribution in [0, 0.1) is 0 Å². The summed E-state index contributed by atoms with van der Waals surface area (Å²) in [5.41, 5.74) is 1.78. The number of nitrogens with zero attached hydrogens (tertiary/aromatic N) is 1. The Bertz CT molecular complexity index is 1740. The van der Waals surface area contributed by atoms with Gasteiger partial charge in [-0.25, -0.2) is 0 Å². The number of amides is 4. The Balaban J connectivity index is 1.24. The molecule has 4 aromatic rings. The highest BCUT2D eigenvalue weighted by Gasteiger charge is 2.20. The van der Waals surface area contributed by atoms with Crippen molar-refractivity contribution in [2.45, 2.75) is 26.2 Å². The second kappa shape index (κ2) is 17.7. The second-order valence-electron chi connectivity index (χ2n) is 12.9. The minimum absolute atomic E-state index is 0.209. The van der Waals surface area contributed by atoms with Gasteiger partial charge in [-0.1, -0.05) is 20.8 Å². The van der Waals surface area contributed by atoms with Gasteiger partial charge < -0.3 is 40.2 Å². The Labute approximate surface area is 302 Å². The molecule has 4 N–H and O–H groups in total. The van der Waals surface area contributed by atoms with Gasteiger partial charge in [-0.05, 0) is 83.8 Å². The monoisotopic (exact) mass is 709 g/mol. The van der Waals surface area contributed by atoms with E-state index in [2.05, 4.69) is 26.3 Å². The zero-order valence-corrected chi connectivity index (χ0v) is 29.5. The van der Waals surface area contributed by atoms with Crippen molar-refractivity contribution in [1.82, 2.24) is 26.3 Å². The number of ether oxygens (including phenoxy) is 4. The molecule has 8 bridgehead atoms. The van der Waals surface area contributed by atoms with Gasteiger partial charge in [-0.3, -0.25) is 24.2 Å². The number of pyridine rings is 1. The van der Waals surface area contributed by atoms with Gasteiger partial charge in [0.25, 0.3) is 23.6 Å². The molecule has 0 atom stereocenters. The highest BCUT2D eigenvalue weighted by atomic mass is 16.5. The standard InChI is InChI=1S/C39H43N5O8/c1-39(2,3)30-22-26-20-27(23-30)36(46)42-13-17-50-32-6-10-34(11-7-32)52-19-15-44-38(48)29-21-28(24-40-25-29)37(47)43-14-18-51-33-8-4-31(5-9-33)49-16-12-41-35(26)45/h4-11,20-25H,12-19H2,1-3H3,(H,41,45)(H,42,46)(H,43,47)(H,44,48). The highest BCUT2D eigenvalue weighted by molar-refractivity contribution is 6.00. The van der Waals surface area contributed by atoms with Gasteiger partial charge in [-0.2, -0.15) is 0 Å². The van der Waals surface area contributed by atoms with Crippen LogP contribution in [0.25, 0.3) is 0 Å². The van der Waals surface area contributed by atoms with Crippen LogP contribution in [0.3, 0.4) is 0 Å². The smallest absolute Gasteiger partial charge is 0.252 e. The molecule has 52 heavy (non-hydrogen) atoms. The zero-order chi connectivity index (χ0) is 36.9. The first-order valence-corrected chi connectivity index (χ1v) is 17.0. The van der Waals surface area contributed by atoms with Gasteiger partial charge in [0.05, 0.1) is 37.3 Å². The Morgan fingerprint density at radius 3 is 1.06 bits per heavy atom. The van der Waals surface area contributed by atoms with Crippen LogP contribution in [-0.2, 0) is 5.41 Å². The van der Waals surface area contributed by atoms with Crippen LogP contribution in [-0.4, -0.2) is 81.2 Å². The Morgan fingerprint density at radius 2 is 0.750 bits per heavy atom. The second-order valence-corrected chi connectivity index (χ2v) is 12.9. The third-order valence-corrected chi connectivity index (χ3v) is 7.86. The predicted molar refractivity (Wildman–Crippen MR) is 194 cm³/mol. The SMILES string of the molecule is CC(C)(C)c1cc2cc(c1)C(=O)NCCOc1ccc(cc1)OCCNC(=O)c1cncc(c1)C(=O)NCCOc1ccc(cc1)OCCNC2=O. The molecule has 4 aliphatic heterocycles. The molecule has 4 aliphatic rings. The molecule has 0 unspecified atom stereocenters. The summed E-state index contributed by atoms with van der Waals surface area (Å²) in [7, 11) is 0. The molecular formula is C39H43N5O8. The largest absolute Gasteiger partial charge is 0.492 e. The number of hydrogen-bond donors (Lipinski definition) is 4. The summed E-state index contributed by atoms with van der Waals surface area (Å²) in [6.07, 6.45) is 2.78. The van der Waals surface area contributed by atoms with E-state index in [1.807, 2.05) is 20.8 Å². The van der Waals surface area contributed by atoms with Crippen molar-refractivity contribution in [2.75, 3.05) is 52.6 Å². The van der Waals surface area contributed by atoms with Gasteiger partial charge in [0.1, 0.15) is 49.4 Å². The summed E-state index contributed by atoms with van der Waals surface area (Å²) in [5.74, 6) is 0.932. The van der Waals surface area contributed by atoms with Gasteiger partial charge in [-0.15, -0.1) is 0 Å². The first-order valence-electron chi connectivity index (χ1n) is 17.0. The molecule has 272 valence electrons. The summed E-state index contributed by atoms with van der Waals surface area (Å²) >= 11 is 0. The number of hydrogen-bond acceptors (Lipinski definition) is 9. The topological polar surface area (TPSA) is 166 Å². The van der Waals surface area contributed by atoms with Crippen molar-refractivity contribution in [3.8, 4) is 23.0 Å². The zero-order valence-electron chi connectivity index (χ0n) is 29.5. The molecule has 13 nitrogen and oxygen atoms in total. The molecule has 0 spiro atoms. The van der Waals surface area contributed by atoms with E-state index < -0.39 is 0 Å². The van der Waals surface area contributed by atoms with Crippen molar-refractivity contribution in [2.24, 2.45) is 0 Å². The highest BCUT2D eigenvalue weighted by Crippen LogP contribution is 2.25. The summed E-state index contributed by atoms with van der Waals surface area (Å²) in [5, 5.41) is 11.3. The Morgan fingerprint density at radius 1 is 0.462 bits per heavy atom. The van der Waals surface area contributed by atoms with E-state index in [1.54, 1.807) is 66.7 Å². The summed E-state index contributed by atoms with van der Waals surface area (Å²) < 4.78 is 23.0.